The minimum atomic E-state index is 1.20. The maximum absolute atomic E-state index is 3.42. The van der Waals surface area contributed by atoms with Crippen LogP contribution in [0.15, 0.2) is 12.2 Å². The summed E-state index contributed by atoms with van der Waals surface area (Å²) in [4.78, 5) is 0. The number of hydrogen-bond acceptors (Lipinski definition) is 1. The zero-order valence-corrected chi connectivity index (χ0v) is 6.60. The molecule has 0 saturated carbocycles. The molecule has 1 rings (SSSR count). The lowest BCUT2D eigenvalue weighted by Gasteiger charge is -2.04. The van der Waals surface area contributed by atoms with E-state index >= 15 is 0 Å². The summed E-state index contributed by atoms with van der Waals surface area (Å²) in [7, 11) is 0. The van der Waals surface area contributed by atoms with E-state index in [1.165, 1.54) is 45.2 Å². The van der Waals surface area contributed by atoms with Gasteiger partial charge in [-0.05, 0) is 45.2 Å². The van der Waals surface area contributed by atoms with Crippen molar-refractivity contribution in [2.45, 2.75) is 32.1 Å². The minimum absolute atomic E-state index is 1.20. The van der Waals surface area contributed by atoms with Crippen LogP contribution in [0.3, 0.4) is 0 Å². The Bertz CT molecular complexity index is 84.9. The van der Waals surface area contributed by atoms with Gasteiger partial charge in [0.2, 0.25) is 0 Å². The molecule has 0 amide bonds. The summed E-state index contributed by atoms with van der Waals surface area (Å²) in [5.74, 6) is 0. The smallest absolute Gasteiger partial charge is 0.00460 e. The highest BCUT2D eigenvalue weighted by Gasteiger charge is 1.90. The standard InChI is InChI=1S/C9H17N/c1-2-4-6-8-10-9-7-5-3-1/h1-2,10H,3-9H2/b2-1+. The summed E-state index contributed by atoms with van der Waals surface area (Å²) in [6.45, 7) is 2.41. The number of nitrogens with one attached hydrogen (secondary N) is 1. The van der Waals surface area contributed by atoms with E-state index in [1.807, 2.05) is 0 Å². The Morgan fingerprint density at radius 2 is 1.50 bits per heavy atom. The molecule has 0 aromatic heterocycles. The molecule has 1 nitrogen and oxygen atoms in total. The lowest BCUT2D eigenvalue weighted by atomic mass is 10.2. The molecule has 1 aliphatic rings. The van der Waals surface area contributed by atoms with Crippen LogP contribution in [0.2, 0.25) is 0 Å². The highest BCUT2D eigenvalue weighted by molar-refractivity contribution is 4.82. The Balaban J connectivity index is 2.13. The molecule has 1 heterocycles. The molecule has 0 saturated heterocycles. The molecule has 0 fully saturated rings. The van der Waals surface area contributed by atoms with Crippen molar-refractivity contribution >= 4 is 0 Å². The molecule has 0 unspecified atom stereocenters. The molecule has 1 N–H and O–H groups in total. The van der Waals surface area contributed by atoms with Crippen LogP contribution >= 0.6 is 0 Å². The van der Waals surface area contributed by atoms with Crippen LogP contribution in [0.25, 0.3) is 0 Å². The molecule has 1 heteroatoms. The fraction of sp³-hybridized carbons (Fsp3) is 0.778. The van der Waals surface area contributed by atoms with Crippen LogP contribution in [0.5, 0.6) is 0 Å². The largest absolute Gasteiger partial charge is 0.317 e. The molecular weight excluding hydrogens is 122 g/mol. The maximum Gasteiger partial charge on any atom is -0.00460 e. The van der Waals surface area contributed by atoms with Gasteiger partial charge >= 0.3 is 0 Å². The molecule has 0 radical (unpaired) electrons. The summed E-state index contributed by atoms with van der Waals surface area (Å²) in [5, 5.41) is 3.42. The van der Waals surface area contributed by atoms with Gasteiger partial charge in [0, 0.05) is 0 Å². The predicted octanol–water partition coefficient (Wildman–Crippen LogP) is 2.10. The van der Waals surface area contributed by atoms with Crippen LogP contribution in [0.4, 0.5) is 0 Å². The van der Waals surface area contributed by atoms with Gasteiger partial charge in [0.05, 0.1) is 0 Å². The quantitative estimate of drug-likeness (QED) is 0.507. The van der Waals surface area contributed by atoms with E-state index in [0.717, 1.165) is 0 Å². The number of hydrogen-bond donors (Lipinski definition) is 1. The molecule has 1 aliphatic heterocycles. The van der Waals surface area contributed by atoms with Crippen molar-refractivity contribution in [2.75, 3.05) is 13.1 Å². The van der Waals surface area contributed by atoms with Crippen LogP contribution < -0.4 is 5.32 Å². The van der Waals surface area contributed by atoms with Crippen LogP contribution in [0, 0.1) is 0 Å². The highest BCUT2D eigenvalue weighted by Crippen LogP contribution is 1.99. The Morgan fingerprint density at radius 1 is 0.800 bits per heavy atom. The lowest BCUT2D eigenvalue weighted by Crippen LogP contribution is -2.16. The molecule has 0 aliphatic carbocycles. The van der Waals surface area contributed by atoms with E-state index in [1.54, 1.807) is 0 Å². The average Bonchev–Trinajstić information content (AvgIpc) is 2.01. The zero-order chi connectivity index (χ0) is 7.07. The van der Waals surface area contributed by atoms with E-state index in [0.29, 0.717) is 0 Å². The molecule has 0 aromatic carbocycles. The first-order chi connectivity index (χ1) is 5.00. The Hall–Kier alpha value is -0.300. The van der Waals surface area contributed by atoms with E-state index < -0.39 is 0 Å². The van der Waals surface area contributed by atoms with Crippen molar-refractivity contribution < 1.29 is 0 Å². The summed E-state index contributed by atoms with van der Waals surface area (Å²) in [6.07, 6.45) is 11.2. The van der Waals surface area contributed by atoms with Crippen molar-refractivity contribution in [3.05, 3.63) is 12.2 Å². The van der Waals surface area contributed by atoms with Crippen LogP contribution in [-0.2, 0) is 0 Å². The minimum Gasteiger partial charge on any atom is -0.317 e. The van der Waals surface area contributed by atoms with Gasteiger partial charge in [0.15, 0.2) is 0 Å². The second-order valence-corrected chi connectivity index (χ2v) is 2.86. The second-order valence-electron chi connectivity index (χ2n) is 2.86. The second kappa shape index (κ2) is 5.48. The summed E-state index contributed by atoms with van der Waals surface area (Å²) >= 11 is 0. The van der Waals surface area contributed by atoms with Crippen molar-refractivity contribution in [1.82, 2.24) is 5.32 Å². The monoisotopic (exact) mass is 139 g/mol. The van der Waals surface area contributed by atoms with E-state index in [-0.39, 0.29) is 0 Å². The molecule has 0 bridgehead atoms. The maximum atomic E-state index is 3.42. The van der Waals surface area contributed by atoms with E-state index in [9.17, 15) is 0 Å². The predicted molar refractivity (Wildman–Crippen MR) is 45.1 cm³/mol. The van der Waals surface area contributed by atoms with Crippen molar-refractivity contribution in [3.8, 4) is 0 Å². The Kier molecular flexibility index (Phi) is 4.28. The fourth-order valence-corrected chi connectivity index (χ4v) is 1.22. The van der Waals surface area contributed by atoms with Crippen LogP contribution in [-0.4, -0.2) is 13.1 Å². The Labute approximate surface area is 63.5 Å². The number of allylic oxidation sites excluding steroid dienone is 2. The zero-order valence-electron chi connectivity index (χ0n) is 6.60. The molecule has 0 aromatic rings. The summed E-state index contributed by atoms with van der Waals surface area (Å²) in [5.41, 5.74) is 0. The van der Waals surface area contributed by atoms with Gasteiger partial charge in [-0.25, -0.2) is 0 Å². The number of rotatable bonds is 0. The molecule has 58 valence electrons. The van der Waals surface area contributed by atoms with Crippen LogP contribution in [0.1, 0.15) is 32.1 Å². The van der Waals surface area contributed by atoms with Gasteiger partial charge in [0.1, 0.15) is 0 Å². The van der Waals surface area contributed by atoms with Gasteiger partial charge in [-0.2, -0.15) is 0 Å². The Morgan fingerprint density at radius 3 is 2.40 bits per heavy atom. The lowest BCUT2D eigenvalue weighted by molar-refractivity contribution is 0.602. The van der Waals surface area contributed by atoms with E-state index in [2.05, 4.69) is 17.5 Å². The third-order valence-electron chi connectivity index (χ3n) is 1.87. The van der Waals surface area contributed by atoms with E-state index in [4.69, 9.17) is 0 Å². The summed E-state index contributed by atoms with van der Waals surface area (Å²) in [6, 6.07) is 0. The van der Waals surface area contributed by atoms with Gasteiger partial charge in [0.25, 0.3) is 0 Å². The third kappa shape index (κ3) is 3.67. The molecular formula is C9H17N. The molecule has 0 atom stereocenters. The van der Waals surface area contributed by atoms with Crippen molar-refractivity contribution in [3.63, 3.8) is 0 Å². The topological polar surface area (TPSA) is 12.0 Å². The first-order valence-electron chi connectivity index (χ1n) is 4.36. The van der Waals surface area contributed by atoms with Gasteiger partial charge in [-0.3, -0.25) is 0 Å². The van der Waals surface area contributed by atoms with Gasteiger partial charge in [-0.15, -0.1) is 0 Å². The first-order valence-corrected chi connectivity index (χ1v) is 4.36. The van der Waals surface area contributed by atoms with Gasteiger partial charge < -0.3 is 5.32 Å². The normalized spacial score (nSPS) is 25.6. The first kappa shape index (κ1) is 7.80. The van der Waals surface area contributed by atoms with Crippen molar-refractivity contribution in [1.29, 1.82) is 0 Å². The molecule has 10 heavy (non-hydrogen) atoms. The SMILES string of the molecule is C1=C/CCCNCCCC/1. The van der Waals surface area contributed by atoms with Crippen molar-refractivity contribution in [2.24, 2.45) is 0 Å². The third-order valence-corrected chi connectivity index (χ3v) is 1.87. The average molecular weight is 139 g/mol. The summed E-state index contributed by atoms with van der Waals surface area (Å²) < 4.78 is 0. The molecule has 0 spiro atoms. The fourth-order valence-electron chi connectivity index (χ4n) is 1.22. The van der Waals surface area contributed by atoms with Gasteiger partial charge in [-0.1, -0.05) is 12.2 Å². The highest BCUT2D eigenvalue weighted by atomic mass is 14.8.